The summed E-state index contributed by atoms with van der Waals surface area (Å²) in [4.78, 5) is 11.0. The van der Waals surface area contributed by atoms with Gasteiger partial charge in [0.15, 0.2) is 0 Å². The van der Waals surface area contributed by atoms with Gasteiger partial charge in [-0.3, -0.25) is 4.90 Å². The molecule has 4 nitrogen and oxygen atoms in total. The van der Waals surface area contributed by atoms with E-state index in [1.54, 1.807) is 0 Å². The number of benzene rings is 1. The Bertz CT molecular complexity index is 549. The van der Waals surface area contributed by atoms with E-state index in [2.05, 4.69) is 39.0 Å². The highest BCUT2D eigenvalue weighted by atomic mass is 79.9. The number of aliphatic hydroxyl groups is 1. The van der Waals surface area contributed by atoms with Crippen molar-refractivity contribution in [3.05, 3.63) is 33.8 Å². The van der Waals surface area contributed by atoms with Gasteiger partial charge in [0.05, 0.1) is 12.1 Å². The number of likely N-dealkylation sites (N-methyl/N-ethyl adjacent to an activating group) is 1. The highest BCUT2D eigenvalue weighted by Gasteiger charge is 2.40. The molecule has 0 saturated heterocycles. The predicted octanol–water partition coefficient (Wildman–Crippen LogP) is 2.78. The van der Waals surface area contributed by atoms with Crippen LogP contribution in [0.1, 0.15) is 17.5 Å². The van der Waals surface area contributed by atoms with Crippen LogP contribution in [0.4, 0.5) is 13.2 Å². The van der Waals surface area contributed by atoms with E-state index in [1.165, 1.54) is 11.1 Å². The third-order valence-corrected chi connectivity index (χ3v) is 4.23. The Kier molecular flexibility index (Phi) is 6.00. The maximum absolute atomic E-state index is 10.6. The Morgan fingerprint density at radius 3 is 2.36 bits per heavy atom. The SMILES string of the molecule is CN(C)[C@]1(CO)CCc2cc(Br)ccc21.O=C(O)C(F)(F)F. The Morgan fingerprint density at radius 2 is 1.95 bits per heavy atom. The Hall–Kier alpha value is -1.12. The summed E-state index contributed by atoms with van der Waals surface area (Å²) in [6, 6.07) is 6.34. The van der Waals surface area contributed by atoms with Crippen molar-refractivity contribution >= 4 is 21.9 Å². The number of nitrogens with zero attached hydrogens (tertiary/aromatic N) is 1. The van der Waals surface area contributed by atoms with Crippen LogP contribution in [-0.4, -0.2) is 48.0 Å². The summed E-state index contributed by atoms with van der Waals surface area (Å²) < 4.78 is 32.9. The minimum absolute atomic E-state index is 0.171. The lowest BCUT2D eigenvalue weighted by Gasteiger charge is -2.35. The number of aliphatic hydroxyl groups excluding tert-OH is 1. The number of hydrogen-bond acceptors (Lipinski definition) is 3. The number of hydrogen-bond donors (Lipinski definition) is 2. The highest BCUT2D eigenvalue weighted by molar-refractivity contribution is 9.10. The molecule has 0 heterocycles. The molecule has 0 aromatic heterocycles. The third kappa shape index (κ3) is 3.99. The molecule has 0 bridgehead atoms. The lowest BCUT2D eigenvalue weighted by Crippen LogP contribution is -2.42. The lowest BCUT2D eigenvalue weighted by molar-refractivity contribution is -0.192. The zero-order valence-corrected chi connectivity index (χ0v) is 13.7. The van der Waals surface area contributed by atoms with Crippen molar-refractivity contribution in [2.45, 2.75) is 24.6 Å². The van der Waals surface area contributed by atoms with Gasteiger partial charge in [0.2, 0.25) is 0 Å². The standard InChI is InChI=1S/C12H16BrNO.C2HF3O2/c1-14(2)12(8-15)6-5-9-7-10(13)3-4-11(9)12;3-2(4,5)1(6)7/h3-4,7,15H,5-6,8H2,1-2H3;(H,6,7)/t12-;/m0./s1. The smallest absolute Gasteiger partial charge is 0.475 e. The average Bonchev–Trinajstić information content (AvgIpc) is 2.77. The number of carboxylic acid groups (broad SMARTS) is 1. The molecule has 0 aliphatic heterocycles. The number of halogens is 4. The fourth-order valence-corrected chi connectivity index (χ4v) is 2.88. The second-order valence-electron chi connectivity index (χ2n) is 5.19. The van der Waals surface area contributed by atoms with Crippen LogP contribution in [0.2, 0.25) is 0 Å². The van der Waals surface area contributed by atoms with Crippen LogP contribution in [0.3, 0.4) is 0 Å². The second-order valence-corrected chi connectivity index (χ2v) is 6.10. The molecule has 0 saturated carbocycles. The van der Waals surface area contributed by atoms with Crippen LogP contribution in [0.15, 0.2) is 22.7 Å². The maximum Gasteiger partial charge on any atom is 0.490 e. The summed E-state index contributed by atoms with van der Waals surface area (Å²) in [5, 5.41) is 16.8. The first-order valence-electron chi connectivity index (χ1n) is 6.42. The fourth-order valence-electron chi connectivity index (χ4n) is 2.47. The van der Waals surface area contributed by atoms with E-state index in [1.807, 2.05) is 14.1 Å². The van der Waals surface area contributed by atoms with Gasteiger partial charge in [-0.25, -0.2) is 4.79 Å². The molecule has 2 N–H and O–H groups in total. The van der Waals surface area contributed by atoms with E-state index >= 15 is 0 Å². The van der Waals surface area contributed by atoms with Crippen molar-refractivity contribution in [3.63, 3.8) is 0 Å². The molecule has 8 heteroatoms. The summed E-state index contributed by atoms with van der Waals surface area (Å²) in [5.74, 6) is -2.76. The van der Waals surface area contributed by atoms with E-state index in [0.29, 0.717) is 0 Å². The number of aliphatic carboxylic acids is 1. The molecule has 1 aliphatic rings. The quantitative estimate of drug-likeness (QED) is 0.824. The van der Waals surface area contributed by atoms with E-state index in [4.69, 9.17) is 9.90 Å². The van der Waals surface area contributed by atoms with E-state index < -0.39 is 12.1 Å². The Morgan fingerprint density at radius 1 is 1.41 bits per heavy atom. The third-order valence-electron chi connectivity index (χ3n) is 3.74. The number of rotatable bonds is 2. The first kappa shape index (κ1) is 18.9. The van der Waals surface area contributed by atoms with Crippen LogP contribution in [0.25, 0.3) is 0 Å². The fraction of sp³-hybridized carbons (Fsp3) is 0.500. The van der Waals surface area contributed by atoms with Gasteiger partial charge in [-0.2, -0.15) is 13.2 Å². The van der Waals surface area contributed by atoms with Gasteiger partial charge in [0.1, 0.15) is 0 Å². The molecule has 1 aromatic rings. The van der Waals surface area contributed by atoms with E-state index in [9.17, 15) is 18.3 Å². The van der Waals surface area contributed by atoms with Crippen molar-refractivity contribution in [3.8, 4) is 0 Å². The highest BCUT2D eigenvalue weighted by Crippen LogP contribution is 2.41. The molecule has 0 amide bonds. The Labute approximate surface area is 134 Å². The van der Waals surface area contributed by atoms with Crippen molar-refractivity contribution in [2.75, 3.05) is 20.7 Å². The topological polar surface area (TPSA) is 60.8 Å². The molecule has 0 unspecified atom stereocenters. The number of aryl methyl sites for hydroxylation is 1. The normalized spacial score (nSPS) is 20.4. The molecule has 2 rings (SSSR count). The molecule has 22 heavy (non-hydrogen) atoms. The first-order valence-corrected chi connectivity index (χ1v) is 7.21. The summed E-state index contributed by atoms with van der Waals surface area (Å²) in [6.07, 6.45) is -3.03. The molecule has 124 valence electrons. The maximum atomic E-state index is 10.6. The van der Waals surface area contributed by atoms with E-state index in [0.717, 1.165) is 17.3 Å². The van der Waals surface area contributed by atoms with Gasteiger partial charge in [0, 0.05) is 4.47 Å². The molecule has 1 aromatic carbocycles. The van der Waals surface area contributed by atoms with Crippen molar-refractivity contribution in [2.24, 2.45) is 0 Å². The largest absolute Gasteiger partial charge is 0.490 e. The van der Waals surface area contributed by atoms with Gasteiger partial charge in [-0.05, 0) is 50.2 Å². The summed E-state index contributed by atoms with van der Waals surface area (Å²) in [5.41, 5.74) is 2.46. The minimum atomic E-state index is -5.08. The van der Waals surface area contributed by atoms with Crippen molar-refractivity contribution in [1.29, 1.82) is 0 Å². The van der Waals surface area contributed by atoms with E-state index in [-0.39, 0.29) is 12.1 Å². The number of alkyl halides is 3. The molecular weight excluding hydrogens is 367 g/mol. The number of carbonyl (C=O) groups is 1. The average molecular weight is 384 g/mol. The van der Waals surface area contributed by atoms with Gasteiger partial charge in [-0.15, -0.1) is 0 Å². The van der Waals surface area contributed by atoms with Crippen LogP contribution >= 0.6 is 15.9 Å². The van der Waals surface area contributed by atoms with Gasteiger partial charge >= 0.3 is 12.1 Å². The lowest BCUT2D eigenvalue weighted by atomic mass is 9.91. The van der Waals surface area contributed by atoms with Crippen LogP contribution < -0.4 is 0 Å². The molecular formula is C14H17BrF3NO3. The minimum Gasteiger partial charge on any atom is -0.475 e. The predicted molar refractivity (Wildman–Crippen MR) is 78.6 cm³/mol. The van der Waals surface area contributed by atoms with Gasteiger partial charge in [-0.1, -0.05) is 22.0 Å². The Balaban J connectivity index is 0.000000295. The molecule has 0 fully saturated rings. The zero-order chi connectivity index (χ0) is 17.1. The molecule has 0 radical (unpaired) electrons. The van der Waals surface area contributed by atoms with Crippen LogP contribution in [0, 0.1) is 0 Å². The zero-order valence-electron chi connectivity index (χ0n) is 12.1. The van der Waals surface area contributed by atoms with Crippen molar-refractivity contribution < 1.29 is 28.2 Å². The van der Waals surface area contributed by atoms with Crippen molar-refractivity contribution in [1.82, 2.24) is 4.90 Å². The van der Waals surface area contributed by atoms with Crippen LogP contribution in [-0.2, 0) is 16.8 Å². The molecule has 1 atom stereocenters. The summed E-state index contributed by atoms with van der Waals surface area (Å²) >= 11 is 3.49. The number of fused-ring (bicyclic) bond motifs is 1. The van der Waals surface area contributed by atoms with Crippen LogP contribution in [0.5, 0.6) is 0 Å². The van der Waals surface area contributed by atoms with Gasteiger partial charge < -0.3 is 10.2 Å². The first-order chi connectivity index (χ1) is 10.0. The summed E-state index contributed by atoms with van der Waals surface area (Å²) in [7, 11) is 4.07. The second kappa shape index (κ2) is 6.97. The monoisotopic (exact) mass is 383 g/mol. The molecule has 0 spiro atoms. The number of carboxylic acids is 1. The van der Waals surface area contributed by atoms with Gasteiger partial charge in [0.25, 0.3) is 0 Å². The summed E-state index contributed by atoms with van der Waals surface area (Å²) in [6.45, 7) is 0.189. The molecule has 1 aliphatic carbocycles.